The lowest BCUT2D eigenvalue weighted by atomic mass is 10.0. The number of ether oxygens (including phenoxy) is 1. The molecule has 0 radical (unpaired) electrons. The van der Waals surface area contributed by atoms with Crippen LogP contribution in [0.4, 0.5) is 0 Å². The molecule has 0 unspecified atom stereocenters. The molecule has 0 spiro atoms. The summed E-state index contributed by atoms with van der Waals surface area (Å²) in [5.41, 5.74) is -0.569. The van der Waals surface area contributed by atoms with E-state index in [-0.39, 0.29) is 6.10 Å². The Hall–Kier alpha value is -0.0800. The molecule has 8 heavy (non-hydrogen) atoms. The number of hydrogen-bond acceptors (Lipinski definition) is 2. The van der Waals surface area contributed by atoms with Gasteiger partial charge in [-0.05, 0) is 13.8 Å². The molecule has 0 bridgehead atoms. The van der Waals surface area contributed by atoms with Crippen LogP contribution in [0, 0.1) is 0 Å². The fourth-order valence-electron chi connectivity index (χ4n) is 0.825. The normalized spacial score (nSPS) is 47.6. The Balaban J connectivity index is 2.54. The van der Waals surface area contributed by atoms with E-state index in [2.05, 4.69) is 0 Å². The van der Waals surface area contributed by atoms with Crippen molar-refractivity contribution in [2.24, 2.45) is 0 Å². The van der Waals surface area contributed by atoms with Crippen LogP contribution in [0.1, 0.15) is 20.3 Å². The summed E-state index contributed by atoms with van der Waals surface area (Å²) in [6, 6.07) is 0. The molecule has 1 heterocycles. The minimum atomic E-state index is -0.569. The molecule has 1 N–H and O–H groups in total. The molecule has 2 heteroatoms. The van der Waals surface area contributed by atoms with Crippen molar-refractivity contribution in [3.8, 4) is 0 Å². The molecule has 1 fully saturated rings. The van der Waals surface area contributed by atoms with Gasteiger partial charge in [0.15, 0.2) is 0 Å². The van der Waals surface area contributed by atoms with E-state index in [0.717, 1.165) is 6.42 Å². The van der Waals surface area contributed by atoms with Crippen LogP contribution in [-0.4, -0.2) is 23.4 Å². The molecule has 0 aromatic heterocycles. The maximum atomic E-state index is 9.34. The standard InChI is InChI=1S/C6H12O2/c1-5-6(2,7)3-4-8-5/h5,7H,3-4H2,1-2H3/t5-,6-/m0/s1. The van der Waals surface area contributed by atoms with Crippen LogP contribution in [-0.2, 0) is 4.74 Å². The minimum Gasteiger partial charge on any atom is -0.387 e. The van der Waals surface area contributed by atoms with Crippen LogP contribution in [0.2, 0.25) is 0 Å². The van der Waals surface area contributed by atoms with Gasteiger partial charge in [0.05, 0.1) is 11.7 Å². The van der Waals surface area contributed by atoms with Crippen molar-refractivity contribution >= 4 is 0 Å². The highest BCUT2D eigenvalue weighted by molar-refractivity contribution is 4.84. The molecule has 1 aliphatic rings. The quantitative estimate of drug-likeness (QED) is 0.500. The zero-order valence-corrected chi connectivity index (χ0v) is 5.35. The van der Waals surface area contributed by atoms with Gasteiger partial charge in [-0.25, -0.2) is 0 Å². The van der Waals surface area contributed by atoms with Gasteiger partial charge in [0.1, 0.15) is 0 Å². The van der Waals surface area contributed by atoms with Gasteiger partial charge in [0.25, 0.3) is 0 Å². The van der Waals surface area contributed by atoms with Gasteiger partial charge in [0.2, 0.25) is 0 Å². The Bertz CT molecular complexity index is 88.5. The first kappa shape index (κ1) is 6.05. The first-order valence-corrected chi connectivity index (χ1v) is 2.97. The van der Waals surface area contributed by atoms with Gasteiger partial charge < -0.3 is 9.84 Å². The van der Waals surface area contributed by atoms with E-state index in [1.54, 1.807) is 0 Å². The van der Waals surface area contributed by atoms with Crippen LogP contribution < -0.4 is 0 Å². The lowest BCUT2D eigenvalue weighted by Crippen LogP contribution is -2.31. The van der Waals surface area contributed by atoms with Gasteiger partial charge in [0, 0.05) is 13.0 Å². The fourth-order valence-corrected chi connectivity index (χ4v) is 0.825. The first-order valence-electron chi connectivity index (χ1n) is 2.97. The Morgan fingerprint density at radius 3 is 2.50 bits per heavy atom. The third kappa shape index (κ3) is 0.858. The number of hydrogen-bond donors (Lipinski definition) is 1. The first-order chi connectivity index (χ1) is 3.63. The van der Waals surface area contributed by atoms with E-state index in [9.17, 15) is 5.11 Å². The highest BCUT2D eigenvalue weighted by Crippen LogP contribution is 2.23. The van der Waals surface area contributed by atoms with Crippen molar-refractivity contribution in [3.63, 3.8) is 0 Å². The van der Waals surface area contributed by atoms with Crippen molar-refractivity contribution in [2.75, 3.05) is 6.61 Å². The number of aliphatic hydroxyl groups is 1. The van der Waals surface area contributed by atoms with Gasteiger partial charge in [-0.2, -0.15) is 0 Å². The Labute approximate surface area is 49.5 Å². The topological polar surface area (TPSA) is 29.5 Å². The van der Waals surface area contributed by atoms with E-state index in [4.69, 9.17) is 4.74 Å². The molecule has 1 rings (SSSR count). The van der Waals surface area contributed by atoms with E-state index in [1.807, 2.05) is 13.8 Å². The lowest BCUT2D eigenvalue weighted by molar-refractivity contribution is -0.0135. The summed E-state index contributed by atoms with van der Waals surface area (Å²) in [4.78, 5) is 0. The number of rotatable bonds is 0. The Kier molecular flexibility index (Phi) is 1.29. The van der Waals surface area contributed by atoms with Crippen molar-refractivity contribution < 1.29 is 9.84 Å². The zero-order chi connectivity index (χ0) is 6.20. The minimum absolute atomic E-state index is 0.0162. The van der Waals surface area contributed by atoms with Crippen LogP contribution in [0.15, 0.2) is 0 Å². The van der Waals surface area contributed by atoms with Crippen LogP contribution in [0.5, 0.6) is 0 Å². The molecule has 0 aromatic carbocycles. The Morgan fingerprint density at radius 1 is 1.75 bits per heavy atom. The summed E-state index contributed by atoms with van der Waals surface area (Å²) < 4.78 is 5.12. The predicted octanol–water partition coefficient (Wildman–Crippen LogP) is 0.546. The van der Waals surface area contributed by atoms with Gasteiger partial charge in [-0.1, -0.05) is 0 Å². The van der Waals surface area contributed by atoms with Gasteiger partial charge >= 0.3 is 0 Å². The summed E-state index contributed by atoms with van der Waals surface area (Å²) in [5, 5.41) is 9.34. The van der Waals surface area contributed by atoms with Gasteiger partial charge in [-0.15, -0.1) is 0 Å². The fraction of sp³-hybridized carbons (Fsp3) is 1.00. The van der Waals surface area contributed by atoms with Crippen LogP contribution in [0.3, 0.4) is 0 Å². The maximum Gasteiger partial charge on any atom is 0.0899 e. The second-order valence-electron chi connectivity index (χ2n) is 2.62. The molecular weight excluding hydrogens is 104 g/mol. The lowest BCUT2D eigenvalue weighted by Gasteiger charge is -2.19. The van der Waals surface area contributed by atoms with E-state index >= 15 is 0 Å². The van der Waals surface area contributed by atoms with E-state index in [0.29, 0.717) is 6.61 Å². The highest BCUT2D eigenvalue weighted by Gasteiger charge is 2.34. The molecule has 2 atom stereocenters. The third-order valence-corrected chi connectivity index (χ3v) is 1.85. The maximum absolute atomic E-state index is 9.34. The SMILES string of the molecule is C[C@@H]1OCC[C@]1(C)O. The summed E-state index contributed by atoms with van der Waals surface area (Å²) in [7, 11) is 0. The summed E-state index contributed by atoms with van der Waals surface area (Å²) >= 11 is 0. The Morgan fingerprint density at radius 2 is 2.38 bits per heavy atom. The third-order valence-electron chi connectivity index (χ3n) is 1.85. The monoisotopic (exact) mass is 116 g/mol. The zero-order valence-electron chi connectivity index (χ0n) is 5.35. The molecule has 1 aliphatic heterocycles. The predicted molar refractivity (Wildman–Crippen MR) is 30.7 cm³/mol. The second kappa shape index (κ2) is 1.71. The van der Waals surface area contributed by atoms with Crippen molar-refractivity contribution in [1.82, 2.24) is 0 Å². The summed E-state index contributed by atoms with van der Waals surface area (Å²) in [6.07, 6.45) is 0.788. The second-order valence-corrected chi connectivity index (χ2v) is 2.62. The summed E-state index contributed by atoms with van der Waals surface area (Å²) in [5.74, 6) is 0. The molecule has 1 saturated heterocycles. The smallest absolute Gasteiger partial charge is 0.0899 e. The molecule has 48 valence electrons. The average molecular weight is 116 g/mol. The average Bonchev–Trinajstić information content (AvgIpc) is 1.86. The molecular formula is C6H12O2. The highest BCUT2D eigenvalue weighted by atomic mass is 16.5. The molecule has 0 amide bonds. The molecule has 0 aliphatic carbocycles. The van der Waals surface area contributed by atoms with Crippen molar-refractivity contribution in [3.05, 3.63) is 0 Å². The van der Waals surface area contributed by atoms with Crippen molar-refractivity contribution in [2.45, 2.75) is 32.0 Å². The largest absolute Gasteiger partial charge is 0.387 e. The van der Waals surface area contributed by atoms with Gasteiger partial charge in [-0.3, -0.25) is 0 Å². The summed E-state index contributed by atoms with van der Waals surface area (Å²) in [6.45, 7) is 4.41. The van der Waals surface area contributed by atoms with E-state index in [1.165, 1.54) is 0 Å². The van der Waals surface area contributed by atoms with E-state index < -0.39 is 5.60 Å². The molecule has 0 aromatic rings. The molecule has 0 saturated carbocycles. The van der Waals surface area contributed by atoms with Crippen LogP contribution >= 0.6 is 0 Å². The van der Waals surface area contributed by atoms with Crippen molar-refractivity contribution in [1.29, 1.82) is 0 Å². The van der Waals surface area contributed by atoms with Crippen LogP contribution in [0.25, 0.3) is 0 Å². The molecule has 2 nitrogen and oxygen atoms in total.